The second kappa shape index (κ2) is 5.59. The van der Waals surface area contributed by atoms with Gasteiger partial charge in [0.05, 0.1) is 30.8 Å². The summed E-state index contributed by atoms with van der Waals surface area (Å²) in [6, 6.07) is 0.132. The molecule has 0 bridgehead atoms. The van der Waals surface area contributed by atoms with Gasteiger partial charge in [0.15, 0.2) is 5.65 Å². The van der Waals surface area contributed by atoms with Gasteiger partial charge >= 0.3 is 0 Å². The van der Waals surface area contributed by atoms with Crippen molar-refractivity contribution in [3.05, 3.63) is 12.0 Å². The van der Waals surface area contributed by atoms with Gasteiger partial charge in [-0.1, -0.05) is 20.8 Å². The van der Waals surface area contributed by atoms with Crippen LogP contribution in [0.3, 0.4) is 0 Å². The van der Waals surface area contributed by atoms with Crippen molar-refractivity contribution in [1.29, 1.82) is 0 Å². The first-order valence-electron chi connectivity index (χ1n) is 8.71. The van der Waals surface area contributed by atoms with Gasteiger partial charge in [-0.05, 0) is 6.42 Å². The Morgan fingerprint density at radius 3 is 2.68 bits per heavy atom. The number of hydrogen-bond acceptors (Lipinski definition) is 5. The van der Waals surface area contributed by atoms with E-state index in [1.54, 1.807) is 11.1 Å². The molecule has 0 aliphatic carbocycles. The number of fused-ring (bicyclic) bond motifs is 1. The van der Waals surface area contributed by atoms with Crippen LogP contribution in [0.4, 0.5) is 14.6 Å². The van der Waals surface area contributed by atoms with E-state index in [2.05, 4.69) is 10.1 Å². The summed E-state index contributed by atoms with van der Waals surface area (Å²) in [7, 11) is 0. The molecule has 0 spiro atoms. The topological polar surface area (TPSA) is 56.1 Å². The van der Waals surface area contributed by atoms with E-state index in [0.29, 0.717) is 37.0 Å². The highest BCUT2D eigenvalue weighted by molar-refractivity contribution is 5.87. The molecule has 0 aromatic carbocycles. The highest BCUT2D eigenvalue weighted by Crippen LogP contribution is 2.35. The lowest BCUT2D eigenvalue weighted by Gasteiger charge is -2.23. The van der Waals surface area contributed by atoms with Gasteiger partial charge in [0.2, 0.25) is 0 Å². The maximum absolute atomic E-state index is 13.7. The van der Waals surface area contributed by atoms with Gasteiger partial charge in [0.25, 0.3) is 5.92 Å². The number of aromatic nitrogens is 4. The molecule has 2 aliphatic heterocycles. The lowest BCUT2D eigenvalue weighted by atomic mass is 9.95. The minimum atomic E-state index is -2.67. The van der Waals surface area contributed by atoms with Crippen LogP contribution in [0.5, 0.6) is 0 Å². The summed E-state index contributed by atoms with van der Waals surface area (Å²) in [5.41, 5.74) is 0.424. The van der Waals surface area contributed by atoms with Gasteiger partial charge in [0.1, 0.15) is 11.6 Å². The number of rotatable bonds is 2. The summed E-state index contributed by atoms with van der Waals surface area (Å²) in [4.78, 5) is 11.1. The molecule has 25 heavy (non-hydrogen) atoms. The fraction of sp³-hybridized carbons (Fsp3) is 0.706. The average molecular weight is 351 g/mol. The number of halogens is 2. The van der Waals surface area contributed by atoms with Crippen molar-refractivity contribution in [2.24, 2.45) is 0 Å². The smallest absolute Gasteiger partial charge is 0.266 e. The lowest BCUT2D eigenvalue weighted by molar-refractivity contribution is 0.0257. The van der Waals surface area contributed by atoms with E-state index in [4.69, 9.17) is 9.72 Å². The summed E-state index contributed by atoms with van der Waals surface area (Å²) in [5.74, 6) is -1.46. The third-order valence-electron chi connectivity index (χ3n) is 4.83. The zero-order valence-corrected chi connectivity index (χ0v) is 14.8. The second-order valence-electron chi connectivity index (χ2n) is 7.99. The molecule has 4 heterocycles. The van der Waals surface area contributed by atoms with Gasteiger partial charge in [-0.15, -0.1) is 0 Å². The van der Waals surface area contributed by atoms with E-state index in [9.17, 15) is 8.78 Å². The minimum absolute atomic E-state index is 0.132. The molecule has 2 saturated heterocycles. The quantitative estimate of drug-likeness (QED) is 0.833. The predicted octanol–water partition coefficient (Wildman–Crippen LogP) is 2.93. The van der Waals surface area contributed by atoms with Crippen LogP contribution in [0.15, 0.2) is 6.20 Å². The highest BCUT2D eigenvalue weighted by Gasteiger charge is 2.40. The first kappa shape index (κ1) is 16.6. The molecule has 1 atom stereocenters. The fourth-order valence-corrected chi connectivity index (χ4v) is 3.39. The Bertz CT molecular complexity index is 792. The van der Waals surface area contributed by atoms with Crippen molar-refractivity contribution in [1.82, 2.24) is 19.7 Å². The molecule has 0 amide bonds. The van der Waals surface area contributed by atoms with Gasteiger partial charge in [-0.3, -0.25) is 0 Å². The van der Waals surface area contributed by atoms with Gasteiger partial charge < -0.3 is 9.64 Å². The molecule has 2 fully saturated rings. The van der Waals surface area contributed by atoms with E-state index < -0.39 is 5.92 Å². The molecule has 2 aliphatic rings. The zero-order chi connectivity index (χ0) is 17.8. The van der Waals surface area contributed by atoms with E-state index in [-0.39, 0.29) is 24.4 Å². The Labute approximate surface area is 145 Å². The molecular weight excluding hydrogens is 328 g/mol. The van der Waals surface area contributed by atoms with Crippen LogP contribution in [0, 0.1) is 0 Å². The Balaban J connectivity index is 1.86. The molecule has 2 aromatic heterocycles. The standard InChI is InChI=1S/C17H23F2N5O/c1-16(2,3)15-21-13(23-6-5-17(18,19)10-23)12-8-20-24(14(12)22-15)11-4-7-25-9-11/h8,11H,4-7,9-10H2,1-3H3. The summed E-state index contributed by atoms with van der Waals surface area (Å²) < 4.78 is 34.8. The highest BCUT2D eigenvalue weighted by atomic mass is 19.3. The lowest BCUT2D eigenvalue weighted by Crippen LogP contribution is -2.27. The summed E-state index contributed by atoms with van der Waals surface area (Å²) >= 11 is 0. The van der Waals surface area contributed by atoms with E-state index in [1.807, 2.05) is 25.5 Å². The Kier molecular flexibility index (Phi) is 3.72. The molecule has 136 valence electrons. The number of nitrogens with zero attached hydrogens (tertiary/aromatic N) is 5. The van der Waals surface area contributed by atoms with E-state index in [1.165, 1.54) is 0 Å². The van der Waals surface area contributed by atoms with Crippen LogP contribution in [-0.4, -0.2) is 52.0 Å². The average Bonchev–Trinajstić information content (AvgIpc) is 3.23. The van der Waals surface area contributed by atoms with E-state index in [0.717, 1.165) is 11.8 Å². The first-order valence-corrected chi connectivity index (χ1v) is 8.71. The maximum atomic E-state index is 13.7. The third kappa shape index (κ3) is 2.96. The molecule has 1 unspecified atom stereocenters. The number of hydrogen-bond donors (Lipinski definition) is 0. The number of anilines is 1. The predicted molar refractivity (Wildman–Crippen MR) is 90.3 cm³/mol. The Morgan fingerprint density at radius 2 is 2.08 bits per heavy atom. The number of alkyl halides is 2. The van der Waals surface area contributed by atoms with Crippen molar-refractivity contribution in [3.8, 4) is 0 Å². The number of ether oxygens (including phenoxy) is 1. The van der Waals surface area contributed by atoms with Crippen molar-refractivity contribution < 1.29 is 13.5 Å². The molecule has 0 radical (unpaired) electrons. The Morgan fingerprint density at radius 1 is 1.28 bits per heavy atom. The molecule has 0 saturated carbocycles. The summed E-state index contributed by atoms with van der Waals surface area (Å²) in [6.45, 7) is 7.36. The van der Waals surface area contributed by atoms with Gasteiger partial charge in [-0.2, -0.15) is 5.10 Å². The first-order chi connectivity index (χ1) is 11.7. The van der Waals surface area contributed by atoms with Crippen molar-refractivity contribution in [2.75, 3.05) is 31.2 Å². The van der Waals surface area contributed by atoms with Crippen LogP contribution in [0.2, 0.25) is 0 Å². The largest absolute Gasteiger partial charge is 0.379 e. The van der Waals surface area contributed by atoms with Crippen molar-refractivity contribution >= 4 is 16.9 Å². The van der Waals surface area contributed by atoms with Gasteiger partial charge in [0, 0.05) is 25.0 Å². The van der Waals surface area contributed by atoms with Crippen LogP contribution in [0.1, 0.15) is 45.5 Å². The Hall–Kier alpha value is -1.83. The minimum Gasteiger partial charge on any atom is -0.379 e. The third-order valence-corrected chi connectivity index (χ3v) is 4.83. The second-order valence-corrected chi connectivity index (χ2v) is 7.99. The molecule has 2 aromatic rings. The van der Waals surface area contributed by atoms with Crippen molar-refractivity contribution in [3.63, 3.8) is 0 Å². The molecule has 8 heteroatoms. The SMILES string of the molecule is CC(C)(C)c1nc(N2CCC(F)(F)C2)c2cnn(C3CCOC3)c2n1. The normalized spacial score (nSPS) is 23.7. The fourth-order valence-electron chi connectivity index (χ4n) is 3.39. The van der Waals surface area contributed by atoms with E-state index >= 15 is 0 Å². The van der Waals surface area contributed by atoms with Crippen LogP contribution in [-0.2, 0) is 10.2 Å². The summed E-state index contributed by atoms with van der Waals surface area (Å²) in [5, 5.41) is 5.22. The van der Waals surface area contributed by atoms with Gasteiger partial charge in [-0.25, -0.2) is 23.4 Å². The molecule has 6 nitrogen and oxygen atoms in total. The molecule has 4 rings (SSSR count). The zero-order valence-electron chi connectivity index (χ0n) is 14.8. The molecular formula is C17H23F2N5O. The van der Waals surface area contributed by atoms with Crippen LogP contribution < -0.4 is 4.90 Å². The maximum Gasteiger partial charge on any atom is 0.266 e. The monoisotopic (exact) mass is 351 g/mol. The van der Waals surface area contributed by atoms with Crippen LogP contribution in [0.25, 0.3) is 11.0 Å². The van der Waals surface area contributed by atoms with Crippen LogP contribution >= 0.6 is 0 Å². The molecule has 0 N–H and O–H groups in total. The van der Waals surface area contributed by atoms with Crippen molar-refractivity contribution in [2.45, 2.75) is 51.0 Å². The summed E-state index contributed by atoms with van der Waals surface area (Å²) in [6.07, 6.45) is 2.43.